The van der Waals surface area contributed by atoms with Crippen LogP contribution in [0, 0.1) is 0 Å². The van der Waals surface area contributed by atoms with Gasteiger partial charge in [0.25, 0.3) is 5.91 Å². The molecule has 0 spiro atoms. The minimum Gasteiger partial charge on any atom is -0.492 e. The first-order valence-corrected chi connectivity index (χ1v) is 13.9. The van der Waals surface area contributed by atoms with Crippen molar-refractivity contribution in [3.63, 3.8) is 0 Å². The van der Waals surface area contributed by atoms with E-state index in [2.05, 4.69) is 61.0 Å². The summed E-state index contributed by atoms with van der Waals surface area (Å²) in [6.45, 7) is 6.19. The zero-order chi connectivity index (χ0) is 25.8. The normalized spacial score (nSPS) is 15.6. The van der Waals surface area contributed by atoms with Gasteiger partial charge in [-0.1, -0.05) is 98.5 Å². The Hall–Kier alpha value is -3.35. The van der Waals surface area contributed by atoms with E-state index in [0.717, 1.165) is 34.2 Å². The Labute approximate surface area is 227 Å². The van der Waals surface area contributed by atoms with E-state index >= 15 is 0 Å². The van der Waals surface area contributed by atoms with E-state index in [4.69, 9.17) is 17.0 Å². The number of benzene rings is 3. The summed E-state index contributed by atoms with van der Waals surface area (Å²) in [6, 6.07) is 26.6. The zero-order valence-electron chi connectivity index (χ0n) is 21.1. The van der Waals surface area contributed by atoms with E-state index in [1.165, 1.54) is 17.3 Å². The lowest BCUT2D eigenvalue weighted by molar-refractivity contribution is -0.122. The number of rotatable bonds is 9. The van der Waals surface area contributed by atoms with Crippen LogP contribution in [0.15, 0.2) is 90.0 Å². The third-order valence-electron chi connectivity index (χ3n) is 6.83. The molecule has 1 aromatic heterocycles. The van der Waals surface area contributed by atoms with Gasteiger partial charge in [0.15, 0.2) is 0 Å². The number of hydrogen-bond acceptors (Lipinski definition) is 4. The maximum atomic E-state index is 13.2. The number of carbonyl (C=O) groups is 1. The molecular weight excluding hydrogens is 496 g/mol. The summed E-state index contributed by atoms with van der Waals surface area (Å²) in [5, 5.41) is 1.11. The molecule has 4 aromatic rings. The highest BCUT2D eigenvalue weighted by Crippen LogP contribution is 2.35. The fourth-order valence-corrected chi connectivity index (χ4v) is 5.75. The molecule has 4 nitrogen and oxygen atoms in total. The number of ether oxygens (including phenoxy) is 1. The number of amides is 1. The van der Waals surface area contributed by atoms with E-state index in [1.54, 1.807) is 4.90 Å². The molecule has 1 aliphatic heterocycles. The van der Waals surface area contributed by atoms with Gasteiger partial charge < -0.3 is 9.30 Å². The molecule has 0 radical (unpaired) electrons. The van der Waals surface area contributed by atoms with Crippen LogP contribution in [0.1, 0.15) is 42.9 Å². The van der Waals surface area contributed by atoms with Gasteiger partial charge in [-0.15, -0.1) is 0 Å². The molecule has 0 aliphatic carbocycles. The molecule has 1 unspecified atom stereocenters. The van der Waals surface area contributed by atoms with Crippen LogP contribution < -0.4 is 4.74 Å². The standard InChI is InChI=1S/C31H30N2O2S2/c1-3-22(2)24-13-15-26(16-14-24)35-18-17-32-21-25(27-11-7-8-12-28(27)32)19-29-30(34)33(31(36)37-29)20-23-9-5-4-6-10-23/h4-16,19,21-22H,3,17-18,20H2,1-2H3. The molecule has 5 rings (SSSR count). The van der Waals surface area contributed by atoms with Gasteiger partial charge in [-0.2, -0.15) is 0 Å². The van der Waals surface area contributed by atoms with Crippen LogP contribution >= 0.6 is 24.0 Å². The van der Waals surface area contributed by atoms with Gasteiger partial charge in [-0.25, -0.2) is 0 Å². The topological polar surface area (TPSA) is 34.5 Å². The number of carbonyl (C=O) groups excluding carboxylic acids is 1. The fraction of sp³-hybridized carbons (Fsp3) is 0.226. The largest absolute Gasteiger partial charge is 0.492 e. The first kappa shape index (κ1) is 25.3. The Morgan fingerprint density at radius 1 is 1.00 bits per heavy atom. The molecule has 6 heteroatoms. The van der Waals surface area contributed by atoms with Crippen molar-refractivity contribution in [2.24, 2.45) is 0 Å². The Morgan fingerprint density at radius 2 is 1.73 bits per heavy atom. The Kier molecular flexibility index (Phi) is 7.77. The second kappa shape index (κ2) is 11.4. The molecule has 188 valence electrons. The highest BCUT2D eigenvalue weighted by Gasteiger charge is 2.32. The lowest BCUT2D eigenvalue weighted by Crippen LogP contribution is -2.27. The Bertz CT molecular complexity index is 1440. The first-order valence-electron chi connectivity index (χ1n) is 12.6. The van der Waals surface area contributed by atoms with Gasteiger partial charge in [0.2, 0.25) is 0 Å². The molecule has 1 atom stereocenters. The predicted molar refractivity (Wildman–Crippen MR) is 158 cm³/mol. The summed E-state index contributed by atoms with van der Waals surface area (Å²) in [4.78, 5) is 15.5. The summed E-state index contributed by atoms with van der Waals surface area (Å²) in [7, 11) is 0. The number of para-hydroxylation sites is 1. The molecule has 1 saturated heterocycles. The minimum atomic E-state index is -0.0418. The molecule has 3 aromatic carbocycles. The van der Waals surface area contributed by atoms with E-state index in [0.29, 0.717) is 34.8 Å². The lowest BCUT2D eigenvalue weighted by atomic mass is 9.99. The second-order valence-electron chi connectivity index (χ2n) is 9.28. The van der Waals surface area contributed by atoms with Gasteiger partial charge >= 0.3 is 0 Å². The lowest BCUT2D eigenvalue weighted by Gasteiger charge is -2.14. The summed E-state index contributed by atoms with van der Waals surface area (Å²) in [6.07, 6.45) is 5.20. The fourth-order valence-electron chi connectivity index (χ4n) is 4.51. The Balaban J connectivity index is 1.31. The molecule has 37 heavy (non-hydrogen) atoms. The Morgan fingerprint density at radius 3 is 2.49 bits per heavy atom. The number of hydrogen-bond donors (Lipinski definition) is 0. The van der Waals surface area contributed by atoms with Crippen LogP contribution in [0.3, 0.4) is 0 Å². The van der Waals surface area contributed by atoms with Gasteiger partial charge in [0, 0.05) is 22.7 Å². The molecule has 1 aliphatic rings. The minimum absolute atomic E-state index is 0.0418. The van der Waals surface area contributed by atoms with Crippen molar-refractivity contribution in [1.82, 2.24) is 9.47 Å². The summed E-state index contributed by atoms with van der Waals surface area (Å²) in [5.41, 5.74) is 4.52. The molecule has 0 saturated carbocycles. The van der Waals surface area contributed by atoms with Crippen LogP contribution in [0.25, 0.3) is 17.0 Å². The van der Waals surface area contributed by atoms with Crippen LogP contribution in [0.2, 0.25) is 0 Å². The number of fused-ring (bicyclic) bond motifs is 1. The third-order valence-corrected chi connectivity index (χ3v) is 8.20. The van der Waals surface area contributed by atoms with E-state index in [9.17, 15) is 4.79 Å². The average molecular weight is 527 g/mol. The average Bonchev–Trinajstić information content (AvgIpc) is 3.41. The van der Waals surface area contributed by atoms with Crippen LogP contribution in [-0.2, 0) is 17.9 Å². The molecule has 1 amide bonds. The molecule has 2 heterocycles. The maximum absolute atomic E-state index is 13.2. The van der Waals surface area contributed by atoms with Gasteiger partial charge in [0.05, 0.1) is 18.0 Å². The first-order chi connectivity index (χ1) is 18.0. The molecule has 1 fully saturated rings. The van der Waals surface area contributed by atoms with E-state index < -0.39 is 0 Å². The molecular formula is C31H30N2O2S2. The third kappa shape index (κ3) is 5.65. The quantitative estimate of drug-likeness (QED) is 0.166. The SMILES string of the molecule is CCC(C)c1ccc(OCCn2cc(C=C3SC(=S)N(Cc4ccccc4)C3=O)c3ccccc32)cc1. The summed E-state index contributed by atoms with van der Waals surface area (Å²) >= 11 is 6.92. The smallest absolute Gasteiger partial charge is 0.266 e. The predicted octanol–water partition coefficient (Wildman–Crippen LogP) is 7.64. The van der Waals surface area contributed by atoms with Crippen molar-refractivity contribution >= 4 is 51.2 Å². The van der Waals surface area contributed by atoms with Gasteiger partial charge in [0.1, 0.15) is 16.7 Å². The molecule has 0 bridgehead atoms. The number of thioether (sulfide) groups is 1. The van der Waals surface area contributed by atoms with Gasteiger partial charge in [-0.3, -0.25) is 9.69 Å². The second-order valence-corrected chi connectivity index (χ2v) is 11.0. The maximum Gasteiger partial charge on any atom is 0.266 e. The van der Waals surface area contributed by atoms with Crippen molar-refractivity contribution in [2.45, 2.75) is 39.3 Å². The molecule has 0 N–H and O–H groups in total. The highest BCUT2D eigenvalue weighted by molar-refractivity contribution is 8.26. The van der Waals surface area contributed by atoms with Crippen molar-refractivity contribution in [3.8, 4) is 5.75 Å². The van der Waals surface area contributed by atoms with Gasteiger partial charge in [-0.05, 0) is 47.7 Å². The number of thiocarbonyl (C=S) groups is 1. The highest BCUT2D eigenvalue weighted by atomic mass is 32.2. The number of aromatic nitrogens is 1. The van der Waals surface area contributed by atoms with E-state index in [-0.39, 0.29) is 5.91 Å². The summed E-state index contributed by atoms with van der Waals surface area (Å²) in [5.74, 6) is 1.39. The van der Waals surface area contributed by atoms with Crippen LogP contribution in [-0.4, -0.2) is 26.3 Å². The van der Waals surface area contributed by atoms with E-state index in [1.807, 2.05) is 48.5 Å². The van der Waals surface area contributed by atoms with Crippen LogP contribution in [0.4, 0.5) is 0 Å². The number of nitrogens with zero attached hydrogens (tertiary/aromatic N) is 2. The van der Waals surface area contributed by atoms with Crippen molar-refractivity contribution in [1.29, 1.82) is 0 Å². The van der Waals surface area contributed by atoms with Crippen molar-refractivity contribution < 1.29 is 9.53 Å². The van der Waals surface area contributed by atoms with Crippen molar-refractivity contribution in [3.05, 3.63) is 107 Å². The monoisotopic (exact) mass is 526 g/mol. The zero-order valence-corrected chi connectivity index (χ0v) is 22.7. The van der Waals surface area contributed by atoms with Crippen molar-refractivity contribution in [2.75, 3.05) is 6.61 Å². The van der Waals surface area contributed by atoms with Crippen LogP contribution in [0.5, 0.6) is 5.75 Å². The summed E-state index contributed by atoms with van der Waals surface area (Å²) < 4.78 is 8.84.